The number of benzene rings is 2. The summed E-state index contributed by atoms with van der Waals surface area (Å²) < 4.78 is 12.2. The van der Waals surface area contributed by atoms with Crippen LogP contribution in [0.5, 0.6) is 0 Å². The van der Waals surface area contributed by atoms with Gasteiger partial charge < -0.3 is 19.1 Å². The van der Waals surface area contributed by atoms with Crippen molar-refractivity contribution in [3.63, 3.8) is 0 Å². The molecule has 216 valence electrons. The van der Waals surface area contributed by atoms with Crippen molar-refractivity contribution < 1.29 is 24.2 Å². The van der Waals surface area contributed by atoms with Crippen LogP contribution in [0.15, 0.2) is 48.5 Å². The predicted octanol–water partition coefficient (Wildman–Crippen LogP) is 4.88. The van der Waals surface area contributed by atoms with Crippen molar-refractivity contribution in [2.45, 2.75) is 66.5 Å². The number of carbonyl (C=O) groups excluding carboxylic acids is 2. The number of ether oxygens (including phenoxy) is 2. The molecule has 2 aromatic heterocycles. The maximum Gasteiger partial charge on any atom is 0.361 e. The van der Waals surface area contributed by atoms with Gasteiger partial charge in [-0.2, -0.15) is 0 Å². The number of esters is 2. The van der Waals surface area contributed by atoms with Crippen LogP contribution in [0.2, 0.25) is 0 Å². The SMILES string of the molecule is CCCCc1nc(C(=O)OCOC(=O)C(C)(C)C)c(C(C)O)n1Cc1ccc(-c2ccccc2-c2nnn[nH]2)cc1. The van der Waals surface area contributed by atoms with Crippen LogP contribution >= 0.6 is 0 Å². The lowest BCUT2D eigenvalue weighted by Gasteiger charge is -2.17. The molecule has 0 aliphatic carbocycles. The predicted molar refractivity (Wildman–Crippen MR) is 151 cm³/mol. The van der Waals surface area contributed by atoms with Gasteiger partial charge >= 0.3 is 11.9 Å². The molecule has 0 radical (unpaired) electrons. The molecule has 0 aliphatic heterocycles. The fourth-order valence-corrected chi connectivity index (χ4v) is 4.40. The molecule has 0 saturated carbocycles. The van der Waals surface area contributed by atoms with Crippen molar-refractivity contribution in [3.05, 3.63) is 71.3 Å². The molecule has 1 unspecified atom stereocenters. The number of aliphatic hydroxyl groups excluding tert-OH is 1. The molecule has 41 heavy (non-hydrogen) atoms. The van der Waals surface area contributed by atoms with Crippen LogP contribution in [0.25, 0.3) is 22.5 Å². The Morgan fingerprint density at radius 1 is 1.05 bits per heavy atom. The molecular formula is C30H36N6O5. The Balaban J connectivity index is 1.60. The maximum atomic E-state index is 13.0. The second-order valence-corrected chi connectivity index (χ2v) is 10.9. The van der Waals surface area contributed by atoms with E-state index in [-0.39, 0.29) is 5.69 Å². The first kappa shape index (κ1) is 29.6. The Morgan fingerprint density at radius 2 is 1.76 bits per heavy atom. The van der Waals surface area contributed by atoms with Crippen LogP contribution in [0.3, 0.4) is 0 Å². The zero-order chi connectivity index (χ0) is 29.6. The van der Waals surface area contributed by atoms with E-state index in [0.717, 1.165) is 35.1 Å². The lowest BCUT2D eigenvalue weighted by molar-refractivity contribution is -0.161. The molecule has 0 bridgehead atoms. The van der Waals surface area contributed by atoms with Crippen LogP contribution in [0.1, 0.15) is 81.1 Å². The third-order valence-corrected chi connectivity index (χ3v) is 6.55. The van der Waals surface area contributed by atoms with Crippen molar-refractivity contribution in [2.24, 2.45) is 5.41 Å². The fraction of sp³-hybridized carbons (Fsp3) is 0.400. The van der Waals surface area contributed by atoms with E-state index in [2.05, 4.69) is 32.5 Å². The van der Waals surface area contributed by atoms with Gasteiger partial charge in [0.25, 0.3) is 0 Å². The van der Waals surface area contributed by atoms with E-state index in [1.807, 2.05) is 53.1 Å². The Hall–Kier alpha value is -4.38. The summed E-state index contributed by atoms with van der Waals surface area (Å²) >= 11 is 0. The standard InChI is InChI=1S/C30H36N6O5/c1-6-7-12-24-31-25(28(38)40-18-41-29(39)30(3,4)5)26(19(2)37)36(24)17-20-13-15-21(16-14-20)22-10-8-9-11-23(22)27-32-34-35-33-27/h8-11,13-16,19,37H,6-7,12,17-18H2,1-5H3,(H,32,33,34,35). The monoisotopic (exact) mass is 560 g/mol. The number of hydrogen-bond acceptors (Lipinski definition) is 9. The largest absolute Gasteiger partial charge is 0.427 e. The van der Waals surface area contributed by atoms with Crippen molar-refractivity contribution in [1.29, 1.82) is 0 Å². The topological polar surface area (TPSA) is 145 Å². The second-order valence-electron chi connectivity index (χ2n) is 10.9. The zero-order valence-electron chi connectivity index (χ0n) is 24.0. The molecule has 11 nitrogen and oxygen atoms in total. The number of tetrazole rings is 1. The van der Waals surface area contributed by atoms with Crippen molar-refractivity contribution in [2.75, 3.05) is 6.79 Å². The fourth-order valence-electron chi connectivity index (χ4n) is 4.40. The Labute approximate surface area is 238 Å². The molecule has 0 fully saturated rings. The van der Waals surface area contributed by atoms with Crippen LogP contribution < -0.4 is 0 Å². The summed E-state index contributed by atoms with van der Waals surface area (Å²) in [7, 11) is 0. The number of nitrogens with zero attached hydrogens (tertiary/aromatic N) is 5. The molecule has 1 atom stereocenters. The molecule has 2 aromatic carbocycles. The average Bonchev–Trinajstić information content (AvgIpc) is 3.60. The smallest absolute Gasteiger partial charge is 0.361 e. The van der Waals surface area contributed by atoms with Gasteiger partial charge in [-0.05, 0) is 61.2 Å². The van der Waals surface area contributed by atoms with E-state index >= 15 is 0 Å². The Kier molecular flexibility index (Phi) is 9.28. The number of aromatic amines is 1. The normalized spacial score (nSPS) is 12.2. The zero-order valence-corrected chi connectivity index (χ0v) is 24.0. The summed E-state index contributed by atoms with van der Waals surface area (Å²) in [6.07, 6.45) is 1.44. The highest BCUT2D eigenvalue weighted by molar-refractivity contribution is 5.89. The first-order chi connectivity index (χ1) is 19.6. The highest BCUT2D eigenvalue weighted by Gasteiger charge is 2.28. The number of nitrogens with one attached hydrogen (secondary N) is 1. The molecular weight excluding hydrogens is 524 g/mol. The summed E-state index contributed by atoms with van der Waals surface area (Å²) in [6, 6.07) is 15.9. The van der Waals surface area contributed by atoms with E-state index in [1.165, 1.54) is 0 Å². The number of aromatic nitrogens is 6. The molecule has 2 heterocycles. The number of unbranched alkanes of at least 4 members (excludes halogenated alkanes) is 1. The molecule has 4 aromatic rings. The first-order valence-electron chi connectivity index (χ1n) is 13.6. The van der Waals surface area contributed by atoms with E-state index in [1.54, 1.807) is 27.7 Å². The highest BCUT2D eigenvalue weighted by atomic mass is 16.7. The van der Waals surface area contributed by atoms with Crippen molar-refractivity contribution in [3.8, 4) is 22.5 Å². The van der Waals surface area contributed by atoms with Crippen LogP contribution in [-0.4, -0.2) is 54.0 Å². The van der Waals surface area contributed by atoms with Gasteiger partial charge in [-0.1, -0.05) is 61.9 Å². The third-order valence-electron chi connectivity index (χ3n) is 6.55. The first-order valence-corrected chi connectivity index (χ1v) is 13.6. The quantitative estimate of drug-likeness (QED) is 0.194. The van der Waals surface area contributed by atoms with Crippen LogP contribution in [0, 0.1) is 5.41 Å². The average molecular weight is 561 g/mol. The third kappa shape index (κ3) is 7.04. The highest BCUT2D eigenvalue weighted by Crippen LogP contribution is 2.30. The van der Waals surface area contributed by atoms with Gasteiger partial charge in [0.15, 0.2) is 11.5 Å². The number of rotatable bonds is 11. The summed E-state index contributed by atoms with van der Waals surface area (Å²) in [5.41, 5.74) is 3.46. The van der Waals surface area contributed by atoms with Crippen molar-refractivity contribution >= 4 is 11.9 Å². The summed E-state index contributed by atoms with van der Waals surface area (Å²) in [5.74, 6) is 0.0122. The lowest BCUT2D eigenvalue weighted by Crippen LogP contribution is -2.25. The van der Waals surface area contributed by atoms with Gasteiger partial charge in [0, 0.05) is 18.5 Å². The van der Waals surface area contributed by atoms with E-state index in [4.69, 9.17) is 9.47 Å². The molecule has 2 N–H and O–H groups in total. The lowest BCUT2D eigenvalue weighted by atomic mass is 9.98. The number of carbonyl (C=O) groups is 2. The summed E-state index contributed by atoms with van der Waals surface area (Å²) in [4.78, 5) is 29.6. The van der Waals surface area contributed by atoms with Gasteiger partial charge in [-0.25, -0.2) is 14.9 Å². The minimum absolute atomic E-state index is 0.0177. The number of aryl methyl sites for hydroxylation is 1. The minimum Gasteiger partial charge on any atom is -0.427 e. The second kappa shape index (κ2) is 12.9. The summed E-state index contributed by atoms with van der Waals surface area (Å²) in [5, 5.41) is 25.0. The Bertz CT molecular complexity index is 1470. The molecule has 11 heteroatoms. The van der Waals surface area contributed by atoms with Gasteiger partial charge in [-0.3, -0.25) is 4.79 Å². The van der Waals surface area contributed by atoms with Crippen LogP contribution in [-0.2, 0) is 27.2 Å². The maximum absolute atomic E-state index is 13.0. The van der Waals surface area contributed by atoms with Gasteiger partial charge in [0.05, 0.1) is 17.2 Å². The molecule has 0 spiro atoms. The summed E-state index contributed by atoms with van der Waals surface area (Å²) in [6.45, 7) is 8.67. The number of hydrogen-bond donors (Lipinski definition) is 2. The molecule has 0 amide bonds. The van der Waals surface area contributed by atoms with E-state index in [0.29, 0.717) is 30.3 Å². The van der Waals surface area contributed by atoms with Crippen molar-refractivity contribution in [1.82, 2.24) is 30.2 Å². The molecule has 0 aliphatic rings. The van der Waals surface area contributed by atoms with Gasteiger partial charge in [0.2, 0.25) is 6.79 Å². The number of imidazole rings is 1. The van der Waals surface area contributed by atoms with E-state index < -0.39 is 30.3 Å². The van der Waals surface area contributed by atoms with Gasteiger partial charge in [-0.15, -0.1) is 5.10 Å². The van der Waals surface area contributed by atoms with E-state index in [9.17, 15) is 14.7 Å². The number of H-pyrrole nitrogens is 1. The number of aliphatic hydroxyl groups is 1. The molecule has 4 rings (SSSR count). The van der Waals surface area contributed by atoms with Crippen LogP contribution in [0.4, 0.5) is 0 Å². The Morgan fingerprint density at radius 3 is 2.37 bits per heavy atom. The molecule has 0 saturated heterocycles. The van der Waals surface area contributed by atoms with Gasteiger partial charge in [0.1, 0.15) is 5.82 Å². The minimum atomic E-state index is -0.987.